The van der Waals surface area contributed by atoms with Crippen molar-refractivity contribution in [3.8, 4) is 0 Å². The number of hydrogen-bond acceptors (Lipinski definition) is 14. The molecule has 0 aromatic rings. The molecule has 0 amide bonds. The van der Waals surface area contributed by atoms with E-state index in [0.717, 1.165) is 0 Å². The molecule has 0 rings (SSSR count). The molecular formula is C31H59NO14. The second kappa shape index (κ2) is 33.1. The van der Waals surface area contributed by atoms with Gasteiger partial charge in [-0.05, 0) is 0 Å². The molecule has 0 aromatic carbocycles. The molecule has 0 unspecified atom stereocenters. The zero-order chi connectivity index (χ0) is 34.1. The highest BCUT2D eigenvalue weighted by molar-refractivity contribution is 5.86. The summed E-state index contributed by atoms with van der Waals surface area (Å²) in [4.78, 5) is 34.5. The number of carboxylic acids is 1. The van der Waals surface area contributed by atoms with Crippen molar-refractivity contribution in [3.05, 3.63) is 0 Å². The topological polar surface area (TPSA) is 176 Å². The first-order chi connectivity index (χ1) is 22.2. The Morgan fingerprint density at radius 1 is 0.500 bits per heavy atom. The molecule has 15 heteroatoms. The summed E-state index contributed by atoms with van der Waals surface area (Å²) in [7, 11) is 0. The Morgan fingerprint density at radius 2 is 0.804 bits per heavy atom. The van der Waals surface area contributed by atoms with E-state index in [1.807, 2.05) is 27.7 Å². The molecule has 0 saturated carbocycles. The lowest BCUT2D eigenvalue weighted by atomic mass is 10.0. The average Bonchev–Trinajstić information content (AvgIpc) is 3.01. The molecule has 0 aromatic heterocycles. The van der Waals surface area contributed by atoms with Crippen molar-refractivity contribution < 1.29 is 66.9 Å². The second-order valence-corrected chi connectivity index (χ2v) is 10.5. The zero-order valence-corrected chi connectivity index (χ0v) is 28.3. The van der Waals surface area contributed by atoms with Crippen LogP contribution in [-0.4, -0.2) is 160 Å². The number of ether oxygens (including phenoxy) is 10. The van der Waals surface area contributed by atoms with Gasteiger partial charge in [0, 0.05) is 12.0 Å². The van der Waals surface area contributed by atoms with Gasteiger partial charge in [0.1, 0.15) is 12.6 Å². The average molecular weight is 670 g/mol. The quantitative estimate of drug-likeness (QED) is 0.0717. The molecule has 0 spiro atoms. The van der Waals surface area contributed by atoms with Crippen molar-refractivity contribution in [3.63, 3.8) is 0 Å². The lowest BCUT2D eigenvalue weighted by Crippen LogP contribution is -2.46. The Hall–Kier alpha value is -1.79. The Morgan fingerprint density at radius 3 is 1.09 bits per heavy atom. The number of rotatable bonds is 36. The molecule has 2 N–H and O–H groups in total. The van der Waals surface area contributed by atoms with Crippen LogP contribution in [-0.2, 0) is 61.8 Å². The number of Topliss-reactive ketones (excluding diaryl/α,β-unsaturated/α-hetero) is 1. The molecule has 0 fully saturated rings. The summed E-state index contributed by atoms with van der Waals surface area (Å²) in [6, 6.07) is -0.402. The molecule has 0 heterocycles. The van der Waals surface area contributed by atoms with Crippen molar-refractivity contribution in [1.29, 1.82) is 0 Å². The first-order valence-corrected chi connectivity index (χ1v) is 16.1. The van der Waals surface area contributed by atoms with Crippen molar-refractivity contribution in [2.45, 2.75) is 52.6 Å². The van der Waals surface area contributed by atoms with Gasteiger partial charge in [0.25, 0.3) is 0 Å². The summed E-state index contributed by atoms with van der Waals surface area (Å²) >= 11 is 0. The number of ketones is 1. The van der Waals surface area contributed by atoms with Gasteiger partial charge in [-0.1, -0.05) is 27.7 Å². The SMILES string of the molecule is CC(C)N[C@H](COC(=O)CCOCCOCCOCCOCCOCCOCCOCCOCCOCCC(=O)O)C(=O)C(C)C. The van der Waals surface area contributed by atoms with Crippen molar-refractivity contribution >= 4 is 17.7 Å². The minimum Gasteiger partial charge on any atom is -0.481 e. The molecule has 0 aliphatic heterocycles. The molecule has 1 atom stereocenters. The van der Waals surface area contributed by atoms with Crippen LogP contribution in [0, 0.1) is 5.92 Å². The van der Waals surface area contributed by atoms with E-state index in [9.17, 15) is 14.4 Å². The van der Waals surface area contributed by atoms with Crippen LogP contribution in [0.1, 0.15) is 40.5 Å². The number of carbonyl (C=O) groups is 3. The van der Waals surface area contributed by atoms with Crippen molar-refractivity contribution in [2.24, 2.45) is 5.92 Å². The van der Waals surface area contributed by atoms with Gasteiger partial charge in [0.05, 0.1) is 132 Å². The molecule has 46 heavy (non-hydrogen) atoms. The molecule has 0 bridgehead atoms. The molecule has 0 aliphatic rings. The van der Waals surface area contributed by atoms with Gasteiger partial charge in [-0.25, -0.2) is 0 Å². The predicted molar refractivity (Wildman–Crippen MR) is 167 cm³/mol. The van der Waals surface area contributed by atoms with Gasteiger partial charge in [-0.15, -0.1) is 0 Å². The van der Waals surface area contributed by atoms with Gasteiger partial charge < -0.3 is 57.8 Å². The van der Waals surface area contributed by atoms with Gasteiger partial charge in [-0.3, -0.25) is 14.4 Å². The first-order valence-electron chi connectivity index (χ1n) is 16.1. The number of carbonyl (C=O) groups excluding carboxylic acids is 2. The minimum absolute atomic E-state index is 0.00956. The monoisotopic (exact) mass is 669 g/mol. The van der Waals surface area contributed by atoms with Crippen LogP contribution >= 0.6 is 0 Å². The van der Waals surface area contributed by atoms with E-state index in [1.165, 1.54) is 0 Å². The van der Waals surface area contributed by atoms with Crippen molar-refractivity contribution in [2.75, 3.05) is 126 Å². The molecule has 0 aliphatic carbocycles. The normalized spacial score (nSPS) is 12.2. The lowest BCUT2D eigenvalue weighted by Gasteiger charge is -2.21. The van der Waals surface area contributed by atoms with Crippen LogP contribution in [0.3, 0.4) is 0 Å². The highest BCUT2D eigenvalue weighted by Crippen LogP contribution is 2.03. The minimum atomic E-state index is -0.881. The van der Waals surface area contributed by atoms with E-state index in [4.69, 9.17) is 52.5 Å². The van der Waals surface area contributed by atoms with Gasteiger partial charge >= 0.3 is 11.9 Å². The maximum Gasteiger partial charge on any atom is 0.308 e. The van der Waals surface area contributed by atoms with Crippen LogP contribution in [0.5, 0.6) is 0 Å². The second-order valence-electron chi connectivity index (χ2n) is 10.5. The maximum absolute atomic E-state index is 12.3. The lowest BCUT2D eigenvalue weighted by molar-refractivity contribution is -0.147. The van der Waals surface area contributed by atoms with E-state index in [1.54, 1.807) is 0 Å². The Kier molecular flexibility index (Phi) is 31.8. The first kappa shape index (κ1) is 44.2. The van der Waals surface area contributed by atoms with Gasteiger partial charge in [-0.2, -0.15) is 0 Å². The highest BCUT2D eigenvalue weighted by Gasteiger charge is 2.23. The van der Waals surface area contributed by atoms with Crippen LogP contribution < -0.4 is 5.32 Å². The molecular weight excluding hydrogens is 610 g/mol. The number of esters is 1. The summed E-state index contributed by atoms with van der Waals surface area (Å²) < 4.78 is 53.7. The van der Waals surface area contributed by atoms with Crippen molar-refractivity contribution in [1.82, 2.24) is 5.32 Å². The fourth-order valence-electron chi connectivity index (χ4n) is 3.44. The number of aliphatic carboxylic acids is 1. The Balaban J connectivity index is 3.30. The van der Waals surface area contributed by atoms with Gasteiger partial charge in [0.2, 0.25) is 0 Å². The molecule has 0 saturated heterocycles. The fraction of sp³-hybridized carbons (Fsp3) is 0.903. The summed E-state index contributed by atoms with van der Waals surface area (Å²) in [6.45, 7) is 14.9. The zero-order valence-electron chi connectivity index (χ0n) is 28.3. The fourth-order valence-corrected chi connectivity index (χ4v) is 3.44. The molecule has 272 valence electrons. The number of carboxylic acid groups (broad SMARTS) is 1. The smallest absolute Gasteiger partial charge is 0.308 e. The summed E-state index contributed by atoms with van der Waals surface area (Å²) in [5.41, 5.74) is 0. The third-order valence-electron chi connectivity index (χ3n) is 5.74. The third kappa shape index (κ3) is 32.2. The largest absolute Gasteiger partial charge is 0.481 e. The van der Waals surface area contributed by atoms with Crippen LogP contribution in [0.25, 0.3) is 0 Å². The molecule has 0 radical (unpaired) electrons. The maximum atomic E-state index is 12.3. The number of nitrogens with one attached hydrogen (secondary N) is 1. The van der Waals surface area contributed by atoms with E-state index in [2.05, 4.69) is 5.32 Å². The van der Waals surface area contributed by atoms with E-state index in [-0.39, 0.29) is 50.4 Å². The number of hydrogen-bond donors (Lipinski definition) is 2. The van der Waals surface area contributed by atoms with Crippen LogP contribution in [0.4, 0.5) is 0 Å². The Labute approximate surface area is 274 Å². The summed E-state index contributed by atoms with van der Waals surface area (Å²) in [6.07, 6.45) is 0.100. The third-order valence-corrected chi connectivity index (χ3v) is 5.74. The highest BCUT2D eigenvalue weighted by atomic mass is 16.6. The standard InChI is InChI=1S/C31H59NO14/c1-26(2)31(36)28(32-27(3)4)25-46-30(35)6-8-38-10-12-40-14-16-42-18-20-44-22-24-45-23-21-43-19-17-41-15-13-39-11-9-37-7-5-29(33)34/h26-28,32H,5-25H2,1-4H3,(H,33,34)/t28-/m1/s1. The predicted octanol–water partition coefficient (Wildman–Crippen LogP) is 1.14. The summed E-state index contributed by atoms with van der Waals surface area (Å²) in [5, 5.41) is 11.6. The van der Waals surface area contributed by atoms with Crippen LogP contribution in [0.2, 0.25) is 0 Å². The van der Waals surface area contributed by atoms with Crippen LogP contribution in [0.15, 0.2) is 0 Å². The summed E-state index contributed by atoms with van der Waals surface area (Å²) in [5.74, 6) is -1.41. The Bertz CT molecular complexity index is 725. The molecule has 15 nitrogen and oxygen atoms in total. The van der Waals surface area contributed by atoms with Gasteiger partial charge in [0.15, 0.2) is 5.78 Å². The van der Waals surface area contributed by atoms with E-state index >= 15 is 0 Å². The van der Waals surface area contributed by atoms with E-state index in [0.29, 0.717) is 106 Å². The van der Waals surface area contributed by atoms with E-state index < -0.39 is 18.0 Å².